The van der Waals surface area contributed by atoms with E-state index in [2.05, 4.69) is 16.9 Å². The number of hydrogen-bond donors (Lipinski definition) is 1. The summed E-state index contributed by atoms with van der Waals surface area (Å²) in [5.74, 6) is 2.24. The number of nitrogens with one attached hydrogen (secondary N) is 1. The third-order valence-electron chi connectivity index (χ3n) is 5.05. The highest BCUT2D eigenvalue weighted by Crippen LogP contribution is 2.34. The minimum Gasteiger partial charge on any atom is -0.490 e. The molecule has 30 heavy (non-hydrogen) atoms. The van der Waals surface area contributed by atoms with Crippen molar-refractivity contribution in [2.45, 2.75) is 58.8 Å². The normalized spacial score (nSPS) is 11.2. The third-order valence-corrected chi connectivity index (χ3v) is 5.77. The molecule has 0 radical (unpaired) electrons. The summed E-state index contributed by atoms with van der Waals surface area (Å²) in [6.45, 7) is 5.49. The monoisotopic (exact) mass is 448 g/mol. The van der Waals surface area contributed by atoms with Crippen LogP contribution in [0.25, 0.3) is 22.4 Å². The molecule has 2 aromatic carbocycles. The van der Waals surface area contributed by atoms with Gasteiger partial charge in [0.2, 0.25) is 0 Å². The molecule has 0 unspecified atom stereocenters. The lowest BCUT2D eigenvalue weighted by atomic mass is 10.1. The Hall–Kier alpha value is -1.91. The molecule has 0 aliphatic heterocycles. The molecule has 3 aromatic rings. The number of nitrogens with zero attached hydrogens (tertiary/aromatic N) is 1. The second-order valence-corrected chi connectivity index (χ2v) is 8.25. The molecular formula is C24H30Cl2N2O2. The van der Waals surface area contributed by atoms with E-state index >= 15 is 0 Å². The van der Waals surface area contributed by atoms with Crippen molar-refractivity contribution < 1.29 is 9.47 Å². The first-order valence-electron chi connectivity index (χ1n) is 10.9. The number of halogens is 2. The number of fused-ring (bicyclic) bond motifs is 1. The molecule has 0 spiro atoms. The van der Waals surface area contributed by atoms with Gasteiger partial charge in [-0.15, -0.1) is 0 Å². The van der Waals surface area contributed by atoms with Gasteiger partial charge in [0.1, 0.15) is 5.82 Å². The van der Waals surface area contributed by atoms with E-state index < -0.39 is 0 Å². The van der Waals surface area contributed by atoms with Crippen molar-refractivity contribution in [3.8, 4) is 22.9 Å². The van der Waals surface area contributed by atoms with E-state index in [9.17, 15) is 0 Å². The highest BCUT2D eigenvalue weighted by atomic mass is 35.5. The Labute approximate surface area is 188 Å². The first-order valence-corrected chi connectivity index (χ1v) is 11.6. The number of aromatic amines is 1. The Morgan fingerprint density at radius 2 is 1.57 bits per heavy atom. The van der Waals surface area contributed by atoms with E-state index in [0.29, 0.717) is 23.3 Å². The maximum absolute atomic E-state index is 6.12. The minimum atomic E-state index is 0.492. The van der Waals surface area contributed by atoms with E-state index in [1.54, 1.807) is 12.1 Å². The molecule has 1 N–H and O–H groups in total. The number of imidazole rings is 1. The fourth-order valence-electron chi connectivity index (χ4n) is 3.43. The second kappa shape index (κ2) is 11.5. The van der Waals surface area contributed by atoms with Gasteiger partial charge in [-0.05, 0) is 43.7 Å². The second-order valence-electron chi connectivity index (χ2n) is 7.43. The largest absolute Gasteiger partial charge is 0.490 e. The number of aromatic nitrogens is 2. The van der Waals surface area contributed by atoms with Crippen molar-refractivity contribution in [3.63, 3.8) is 0 Å². The molecule has 6 heteroatoms. The van der Waals surface area contributed by atoms with Crippen LogP contribution in [-0.4, -0.2) is 23.2 Å². The van der Waals surface area contributed by atoms with E-state index in [1.165, 1.54) is 38.5 Å². The molecule has 4 nitrogen and oxygen atoms in total. The Morgan fingerprint density at radius 3 is 2.33 bits per heavy atom. The topological polar surface area (TPSA) is 47.1 Å². The molecule has 0 saturated carbocycles. The van der Waals surface area contributed by atoms with Crippen molar-refractivity contribution in [2.24, 2.45) is 0 Å². The number of unbranched alkanes of at least 4 members (excludes halogenated alkanes) is 6. The number of benzene rings is 2. The fourth-order valence-corrected chi connectivity index (χ4v) is 3.75. The molecule has 0 aliphatic carbocycles. The summed E-state index contributed by atoms with van der Waals surface area (Å²) in [7, 11) is 0. The highest BCUT2D eigenvalue weighted by molar-refractivity contribution is 6.42. The molecular weight excluding hydrogens is 419 g/mol. The molecule has 162 valence electrons. The van der Waals surface area contributed by atoms with E-state index in [4.69, 9.17) is 32.7 Å². The number of H-pyrrole nitrogens is 1. The van der Waals surface area contributed by atoms with Gasteiger partial charge in [-0.2, -0.15) is 0 Å². The van der Waals surface area contributed by atoms with Crippen molar-refractivity contribution in [1.29, 1.82) is 0 Å². The first kappa shape index (κ1) is 22.8. The maximum atomic E-state index is 6.12. The maximum Gasteiger partial charge on any atom is 0.161 e. The molecule has 1 heterocycles. The molecule has 0 aliphatic rings. The van der Waals surface area contributed by atoms with E-state index in [1.807, 2.05) is 25.1 Å². The molecule has 0 amide bonds. The Bertz CT molecular complexity index is 917. The quantitative estimate of drug-likeness (QED) is 0.285. The summed E-state index contributed by atoms with van der Waals surface area (Å²) in [5.41, 5.74) is 2.54. The molecule has 0 atom stereocenters. The highest BCUT2D eigenvalue weighted by Gasteiger charge is 2.12. The lowest BCUT2D eigenvalue weighted by molar-refractivity contribution is 0.270. The van der Waals surface area contributed by atoms with Crippen LogP contribution in [0.1, 0.15) is 58.8 Å². The summed E-state index contributed by atoms with van der Waals surface area (Å²) in [6.07, 6.45) is 8.83. The van der Waals surface area contributed by atoms with Crippen LogP contribution in [-0.2, 0) is 0 Å². The standard InChI is InChI=1S/C24H30Cl2N2O2/c1-3-5-6-7-8-9-10-13-30-22-12-11-17(14-23(22)29-4-2)24-27-20-15-18(25)19(26)16-21(20)28-24/h11-12,14-16H,3-10,13H2,1-2H3,(H,27,28). The van der Waals surface area contributed by atoms with Gasteiger partial charge in [-0.1, -0.05) is 68.7 Å². The minimum absolute atomic E-state index is 0.492. The SMILES string of the molecule is CCCCCCCCCOc1ccc(-c2nc3cc(Cl)c(Cl)cc3[nH]2)cc1OCC. The zero-order valence-electron chi connectivity index (χ0n) is 17.8. The summed E-state index contributed by atoms with van der Waals surface area (Å²) >= 11 is 12.2. The van der Waals surface area contributed by atoms with E-state index in [0.717, 1.165) is 40.3 Å². The Balaban J connectivity index is 1.65. The van der Waals surface area contributed by atoms with Crippen LogP contribution >= 0.6 is 23.2 Å². The van der Waals surface area contributed by atoms with Gasteiger partial charge in [0.05, 0.1) is 34.3 Å². The lowest BCUT2D eigenvalue weighted by Gasteiger charge is -2.13. The van der Waals surface area contributed by atoms with Crippen LogP contribution in [0.2, 0.25) is 10.0 Å². The van der Waals surface area contributed by atoms with Crippen LogP contribution in [0.15, 0.2) is 30.3 Å². The average Bonchev–Trinajstić information content (AvgIpc) is 3.14. The summed E-state index contributed by atoms with van der Waals surface area (Å²) in [6, 6.07) is 9.46. The summed E-state index contributed by atoms with van der Waals surface area (Å²) in [4.78, 5) is 7.94. The third kappa shape index (κ3) is 6.05. The smallest absolute Gasteiger partial charge is 0.161 e. The number of rotatable bonds is 12. The molecule has 0 bridgehead atoms. The van der Waals surface area contributed by atoms with Crippen LogP contribution in [0.3, 0.4) is 0 Å². The molecule has 0 saturated heterocycles. The van der Waals surface area contributed by atoms with Gasteiger partial charge in [0.15, 0.2) is 11.5 Å². The van der Waals surface area contributed by atoms with Crippen molar-refractivity contribution in [1.82, 2.24) is 9.97 Å². The molecule has 3 rings (SSSR count). The Kier molecular flexibility index (Phi) is 8.71. The van der Waals surface area contributed by atoms with Gasteiger partial charge in [-0.3, -0.25) is 0 Å². The average molecular weight is 449 g/mol. The molecule has 1 aromatic heterocycles. The van der Waals surface area contributed by atoms with Crippen molar-refractivity contribution >= 4 is 34.2 Å². The van der Waals surface area contributed by atoms with Crippen LogP contribution in [0.4, 0.5) is 0 Å². The van der Waals surface area contributed by atoms with Gasteiger partial charge in [0, 0.05) is 5.56 Å². The van der Waals surface area contributed by atoms with Crippen LogP contribution in [0, 0.1) is 0 Å². The molecule has 0 fully saturated rings. The summed E-state index contributed by atoms with van der Waals surface area (Å²) in [5, 5.41) is 0.995. The summed E-state index contributed by atoms with van der Waals surface area (Å²) < 4.78 is 11.8. The zero-order valence-corrected chi connectivity index (χ0v) is 19.3. The fraction of sp³-hybridized carbons (Fsp3) is 0.458. The van der Waals surface area contributed by atoms with Crippen molar-refractivity contribution in [2.75, 3.05) is 13.2 Å². The van der Waals surface area contributed by atoms with Gasteiger partial charge >= 0.3 is 0 Å². The lowest BCUT2D eigenvalue weighted by Crippen LogP contribution is -2.01. The zero-order chi connectivity index (χ0) is 21.3. The van der Waals surface area contributed by atoms with Gasteiger partial charge in [-0.25, -0.2) is 4.98 Å². The van der Waals surface area contributed by atoms with E-state index in [-0.39, 0.29) is 0 Å². The predicted octanol–water partition coefficient (Wildman–Crippen LogP) is 8.06. The van der Waals surface area contributed by atoms with Crippen LogP contribution in [0.5, 0.6) is 11.5 Å². The van der Waals surface area contributed by atoms with Gasteiger partial charge < -0.3 is 14.5 Å². The van der Waals surface area contributed by atoms with Crippen LogP contribution < -0.4 is 9.47 Å². The number of ether oxygens (including phenoxy) is 2. The van der Waals surface area contributed by atoms with Crippen molar-refractivity contribution in [3.05, 3.63) is 40.4 Å². The first-order chi connectivity index (χ1) is 14.6. The van der Waals surface area contributed by atoms with Gasteiger partial charge in [0.25, 0.3) is 0 Å². The predicted molar refractivity (Wildman–Crippen MR) is 126 cm³/mol. The number of hydrogen-bond acceptors (Lipinski definition) is 3. The Morgan fingerprint density at radius 1 is 0.833 bits per heavy atom.